The van der Waals surface area contributed by atoms with Gasteiger partial charge in [-0.1, -0.05) is 17.7 Å². The number of hydrogen-bond acceptors (Lipinski definition) is 2. The number of aliphatic hydroxyl groups is 1. The fraction of sp³-hybridized carbons (Fsp3) is 0.333. The first kappa shape index (κ1) is 12.1. The lowest BCUT2D eigenvalue weighted by molar-refractivity contribution is -0.153. The first-order valence-electron chi connectivity index (χ1n) is 4.01. The predicted octanol–water partition coefficient (Wildman–Crippen LogP) is 2.77. The van der Waals surface area contributed by atoms with Crippen molar-refractivity contribution in [3.63, 3.8) is 0 Å². The van der Waals surface area contributed by atoms with E-state index in [0.717, 1.165) is 0 Å². The molecular formula is C9H8ClF3O2. The summed E-state index contributed by atoms with van der Waals surface area (Å²) in [6.07, 6.45) is -4.40. The third-order valence-corrected chi connectivity index (χ3v) is 1.88. The highest BCUT2D eigenvalue weighted by Gasteiger charge is 2.28. The van der Waals surface area contributed by atoms with Gasteiger partial charge < -0.3 is 9.84 Å². The number of rotatable bonds is 3. The summed E-state index contributed by atoms with van der Waals surface area (Å²) in [5.41, 5.74) is 0.441. The maximum Gasteiger partial charge on any atom is 0.422 e. The molecule has 6 heteroatoms. The summed E-state index contributed by atoms with van der Waals surface area (Å²) in [4.78, 5) is 0. The van der Waals surface area contributed by atoms with Gasteiger partial charge in [-0.15, -0.1) is 0 Å². The van der Waals surface area contributed by atoms with Crippen LogP contribution >= 0.6 is 11.6 Å². The number of benzene rings is 1. The first-order valence-corrected chi connectivity index (χ1v) is 4.39. The van der Waals surface area contributed by atoms with Crippen molar-refractivity contribution in [1.82, 2.24) is 0 Å². The van der Waals surface area contributed by atoms with Crippen LogP contribution < -0.4 is 4.74 Å². The molecule has 0 heterocycles. The average molecular weight is 241 g/mol. The summed E-state index contributed by atoms with van der Waals surface area (Å²) >= 11 is 5.61. The molecule has 0 saturated carbocycles. The highest BCUT2D eigenvalue weighted by Crippen LogP contribution is 2.27. The highest BCUT2D eigenvalue weighted by molar-refractivity contribution is 6.32. The molecule has 0 spiro atoms. The molecule has 0 aliphatic carbocycles. The van der Waals surface area contributed by atoms with E-state index in [0.29, 0.717) is 5.56 Å². The van der Waals surface area contributed by atoms with Crippen molar-refractivity contribution in [3.8, 4) is 5.75 Å². The van der Waals surface area contributed by atoms with Crippen molar-refractivity contribution < 1.29 is 23.0 Å². The van der Waals surface area contributed by atoms with E-state index in [4.69, 9.17) is 16.7 Å². The van der Waals surface area contributed by atoms with Crippen molar-refractivity contribution in [1.29, 1.82) is 0 Å². The zero-order chi connectivity index (χ0) is 11.5. The minimum absolute atomic E-state index is 0.0800. The Bertz CT molecular complexity index is 339. The quantitative estimate of drug-likeness (QED) is 0.880. The van der Waals surface area contributed by atoms with Crippen LogP contribution in [0.2, 0.25) is 5.02 Å². The van der Waals surface area contributed by atoms with Gasteiger partial charge >= 0.3 is 6.18 Å². The third kappa shape index (κ3) is 3.97. The molecule has 0 atom stereocenters. The number of ether oxygens (including phenoxy) is 1. The fourth-order valence-electron chi connectivity index (χ4n) is 0.916. The molecule has 0 amide bonds. The summed E-state index contributed by atoms with van der Waals surface area (Å²) in [5, 5.41) is 8.84. The van der Waals surface area contributed by atoms with E-state index >= 15 is 0 Å². The topological polar surface area (TPSA) is 29.5 Å². The molecule has 1 N–H and O–H groups in total. The molecule has 0 aliphatic rings. The van der Waals surface area contributed by atoms with Crippen molar-refractivity contribution in [2.45, 2.75) is 12.8 Å². The minimum Gasteiger partial charge on any atom is -0.483 e. The number of aliphatic hydroxyl groups excluding tert-OH is 1. The van der Waals surface area contributed by atoms with Crippen LogP contribution in [0.4, 0.5) is 13.2 Å². The van der Waals surface area contributed by atoms with Crippen LogP contribution in [0.5, 0.6) is 5.75 Å². The number of alkyl halides is 3. The summed E-state index contributed by atoms with van der Waals surface area (Å²) in [6, 6.07) is 4.15. The second-order valence-electron chi connectivity index (χ2n) is 2.83. The summed E-state index contributed by atoms with van der Waals surface area (Å²) in [6.45, 7) is -1.68. The lowest BCUT2D eigenvalue weighted by atomic mass is 10.2. The Balaban J connectivity index is 2.75. The van der Waals surface area contributed by atoms with E-state index < -0.39 is 12.8 Å². The highest BCUT2D eigenvalue weighted by atomic mass is 35.5. The molecule has 0 saturated heterocycles. The Kier molecular flexibility index (Phi) is 3.82. The molecule has 0 bridgehead atoms. The van der Waals surface area contributed by atoms with Gasteiger partial charge in [-0.3, -0.25) is 0 Å². The van der Waals surface area contributed by atoms with Crippen LogP contribution in [-0.2, 0) is 6.61 Å². The van der Waals surface area contributed by atoms with E-state index in [1.165, 1.54) is 18.2 Å². The molecule has 1 rings (SSSR count). The molecule has 1 aromatic carbocycles. The number of halogens is 4. The Hall–Kier alpha value is -0.940. The summed E-state index contributed by atoms with van der Waals surface area (Å²) < 4.78 is 40.0. The van der Waals surface area contributed by atoms with E-state index in [1.807, 2.05) is 0 Å². The minimum atomic E-state index is -4.40. The van der Waals surface area contributed by atoms with E-state index in [9.17, 15) is 13.2 Å². The van der Waals surface area contributed by atoms with Gasteiger partial charge in [0.25, 0.3) is 0 Å². The molecule has 0 unspecified atom stereocenters. The second-order valence-corrected chi connectivity index (χ2v) is 3.23. The second kappa shape index (κ2) is 4.72. The van der Waals surface area contributed by atoms with Crippen LogP contribution in [0.1, 0.15) is 5.56 Å². The number of hydrogen-bond donors (Lipinski definition) is 1. The van der Waals surface area contributed by atoms with Gasteiger partial charge in [0.2, 0.25) is 0 Å². The normalized spacial score (nSPS) is 11.5. The SMILES string of the molecule is OCc1ccc(Cl)c(OCC(F)(F)F)c1. The molecule has 0 aromatic heterocycles. The van der Waals surface area contributed by atoms with Crippen LogP contribution in [-0.4, -0.2) is 17.9 Å². The summed E-state index contributed by atoms with van der Waals surface area (Å²) in [5.74, 6) is -0.0828. The van der Waals surface area contributed by atoms with Crippen LogP contribution in [0.15, 0.2) is 18.2 Å². The van der Waals surface area contributed by atoms with Gasteiger partial charge in [-0.05, 0) is 17.7 Å². The van der Waals surface area contributed by atoms with Gasteiger partial charge in [-0.25, -0.2) is 0 Å². The zero-order valence-electron chi connectivity index (χ0n) is 7.51. The van der Waals surface area contributed by atoms with Crippen molar-refractivity contribution in [2.24, 2.45) is 0 Å². The van der Waals surface area contributed by atoms with Crippen molar-refractivity contribution in [3.05, 3.63) is 28.8 Å². The lowest BCUT2D eigenvalue weighted by Crippen LogP contribution is -2.19. The molecular weight excluding hydrogens is 233 g/mol. The van der Waals surface area contributed by atoms with Gasteiger partial charge in [-0.2, -0.15) is 13.2 Å². The maximum atomic E-state index is 11.8. The van der Waals surface area contributed by atoms with Crippen LogP contribution in [0.3, 0.4) is 0 Å². The van der Waals surface area contributed by atoms with E-state index in [-0.39, 0.29) is 17.4 Å². The lowest BCUT2D eigenvalue weighted by Gasteiger charge is -2.11. The first-order chi connectivity index (χ1) is 6.92. The Morgan fingerprint density at radius 1 is 1.33 bits per heavy atom. The third-order valence-electron chi connectivity index (χ3n) is 1.57. The van der Waals surface area contributed by atoms with Gasteiger partial charge in [0.15, 0.2) is 6.61 Å². The zero-order valence-corrected chi connectivity index (χ0v) is 8.27. The largest absolute Gasteiger partial charge is 0.483 e. The van der Waals surface area contributed by atoms with Crippen molar-refractivity contribution >= 4 is 11.6 Å². The van der Waals surface area contributed by atoms with Gasteiger partial charge in [0.05, 0.1) is 11.6 Å². The fourth-order valence-corrected chi connectivity index (χ4v) is 1.09. The molecule has 84 valence electrons. The standard InChI is InChI=1S/C9H8ClF3O2/c10-7-2-1-6(4-14)3-8(7)15-5-9(11,12)13/h1-3,14H,4-5H2. The average Bonchev–Trinajstić information content (AvgIpc) is 2.15. The van der Waals surface area contributed by atoms with Crippen molar-refractivity contribution in [2.75, 3.05) is 6.61 Å². The Labute approximate surface area is 89.2 Å². The molecule has 2 nitrogen and oxygen atoms in total. The molecule has 0 fully saturated rings. The molecule has 0 aliphatic heterocycles. The predicted molar refractivity (Wildman–Crippen MR) is 48.9 cm³/mol. The monoisotopic (exact) mass is 240 g/mol. The molecule has 1 aromatic rings. The summed E-state index contributed by atoms with van der Waals surface area (Å²) in [7, 11) is 0. The Morgan fingerprint density at radius 3 is 2.53 bits per heavy atom. The molecule has 15 heavy (non-hydrogen) atoms. The van der Waals surface area contributed by atoms with Gasteiger partial charge in [0, 0.05) is 0 Å². The van der Waals surface area contributed by atoms with Gasteiger partial charge in [0.1, 0.15) is 5.75 Å². The Morgan fingerprint density at radius 2 is 2.00 bits per heavy atom. The maximum absolute atomic E-state index is 11.8. The molecule has 0 radical (unpaired) electrons. The van der Waals surface area contributed by atoms with E-state index in [1.54, 1.807) is 0 Å². The van der Waals surface area contributed by atoms with Crippen LogP contribution in [0, 0.1) is 0 Å². The van der Waals surface area contributed by atoms with Crippen LogP contribution in [0.25, 0.3) is 0 Å². The van der Waals surface area contributed by atoms with E-state index in [2.05, 4.69) is 4.74 Å². The smallest absolute Gasteiger partial charge is 0.422 e.